The smallest absolute Gasteiger partial charge is 0.193 e. The molecule has 0 bridgehead atoms. The van der Waals surface area contributed by atoms with Crippen LogP contribution >= 0.6 is 11.3 Å². The summed E-state index contributed by atoms with van der Waals surface area (Å²) in [7, 11) is 2.48. The van der Waals surface area contributed by atoms with Crippen LogP contribution in [0.5, 0.6) is 0 Å². The average molecular weight is 643 g/mol. The van der Waals surface area contributed by atoms with Gasteiger partial charge in [-0.1, -0.05) is 122 Å². The van der Waals surface area contributed by atoms with Crippen molar-refractivity contribution in [2.45, 2.75) is 31.6 Å². The number of aromatic nitrogens is 1. The zero-order valence-electron chi connectivity index (χ0n) is 27.1. The predicted octanol–water partition coefficient (Wildman–Crippen LogP) is 10.6. The molecule has 1 atom stereocenters. The number of nitrogens with one attached hydrogen (secondary N) is 1. The molecule has 3 aromatic heterocycles. The Kier molecular flexibility index (Phi) is 4.90. The summed E-state index contributed by atoms with van der Waals surface area (Å²) in [5, 5.41) is 5.05. The van der Waals surface area contributed by atoms with E-state index in [4.69, 9.17) is 4.42 Å². The fourth-order valence-electron chi connectivity index (χ4n) is 9.86. The Bertz CT molecular complexity index is 2940. The van der Waals surface area contributed by atoms with Crippen LogP contribution in [0.1, 0.15) is 46.9 Å². The lowest BCUT2D eigenvalue weighted by Gasteiger charge is -2.35. The highest BCUT2D eigenvalue weighted by atomic mass is 32.1. The summed E-state index contributed by atoms with van der Waals surface area (Å²) in [6.07, 6.45) is 0.997. The third-order valence-electron chi connectivity index (χ3n) is 11.8. The van der Waals surface area contributed by atoms with Crippen LogP contribution in [-0.4, -0.2) is 12.3 Å². The van der Waals surface area contributed by atoms with Crippen LogP contribution in [0, 0.1) is 0 Å². The van der Waals surface area contributed by atoms with E-state index in [0.29, 0.717) is 0 Å². The maximum absolute atomic E-state index is 6.76. The lowest BCUT2D eigenvalue weighted by Crippen LogP contribution is -2.42. The first-order valence-electron chi connectivity index (χ1n) is 17.3. The molecule has 229 valence electrons. The van der Waals surface area contributed by atoms with Crippen molar-refractivity contribution in [3.63, 3.8) is 0 Å². The summed E-state index contributed by atoms with van der Waals surface area (Å²) in [6, 6.07) is 42.6. The Balaban J connectivity index is 1.18. The Labute approximate surface area is 288 Å². The molecular formula is C45H29BNOS. The van der Waals surface area contributed by atoms with Crippen molar-refractivity contribution < 1.29 is 4.42 Å². The van der Waals surface area contributed by atoms with Gasteiger partial charge in [-0.15, -0.1) is 11.3 Å². The maximum Gasteiger partial charge on any atom is 0.193 e. The number of aromatic amines is 1. The van der Waals surface area contributed by atoms with E-state index in [2.05, 4.69) is 141 Å². The molecule has 9 aromatic rings. The molecule has 49 heavy (non-hydrogen) atoms. The van der Waals surface area contributed by atoms with Crippen molar-refractivity contribution in [3.05, 3.63) is 142 Å². The third-order valence-corrected chi connectivity index (χ3v) is 13.0. The number of furan rings is 1. The van der Waals surface area contributed by atoms with Gasteiger partial charge in [0.1, 0.15) is 11.2 Å². The molecule has 4 heteroatoms. The summed E-state index contributed by atoms with van der Waals surface area (Å²) in [5.74, 6) is 0.252. The van der Waals surface area contributed by atoms with Crippen LogP contribution in [0.25, 0.3) is 76.4 Å². The van der Waals surface area contributed by atoms with Gasteiger partial charge in [-0.25, -0.2) is 0 Å². The molecule has 1 aliphatic heterocycles. The molecule has 0 fully saturated rings. The topological polar surface area (TPSA) is 28.9 Å². The zero-order valence-corrected chi connectivity index (χ0v) is 28.0. The quantitative estimate of drug-likeness (QED) is 0.177. The van der Waals surface area contributed by atoms with Crippen LogP contribution in [-0.2, 0) is 11.8 Å². The highest BCUT2D eigenvalue weighted by Gasteiger charge is 2.40. The maximum atomic E-state index is 6.76. The van der Waals surface area contributed by atoms with E-state index >= 15 is 0 Å². The molecular weight excluding hydrogens is 613 g/mol. The molecule has 2 aliphatic carbocycles. The number of benzene rings is 6. The number of fused-ring (bicyclic) bond motifs is 14. The molecule has 6 aromatic carbocycles. The second kappa shape index (κ2) is 9.02. The summed E-state index contributed by atoms with van der Waals surface area (Å²) < 4.78 is 8.13. The van der Waals surface area contributed by atoms with Crippen LogP contribution in [0.4, 0.5) is 0 Å². The van der Waals surface area contributed by atoms with Gasteiger partial charge in [0.25, 0.3) is 0 Å². The predicted molar refractivity (Wildman–Crippen MR) is 206 cm³/mol. The second-order valence-electron chi connectivity index (χ2n) is 14.6. The van der Waals surface area contributed by atoms with Gasteiger partial charge in [0, 0.05) is 59.1 Å². The van der Waals surface area contributed by atoms with Crippen molar-refractivity contribution in [2.24, 2.45) is 0 Å². The Morgan fingerprint density at radius 1 is 0.735 bits per heavy atom. The van der Waals surface area contributed by atoms with Gasteiger partial charge in [-0.2, -0.15) is 0 Å². The highest BCUT2D eigenvalue weighted by Crippen LogP contribution is 2.54. The summed E-state index contributed by atoms with van der Waals surface area (Å²) >= 11 is 1.97. The molecule has 0 saturated carbocycles. The molecule has 0 saturated heterocycles. The SMILES string of the molecule is CC1(C)c2ccccc2-c2[nH]c3c(-c4c5c(cc6oc7ccccc7c46)C4Cc6sc7ccccc7c6-c6cccc(c64)[B]5)cccc3c21. The van der Waals surface area contributed by atoms with E-state index in [1.54, 1.807) is 0 Å². The first kappa shape index (κ1) is 26.6. The summed E-state index contributed by atoms with van der Waals surface area (Å²) in [5.41, 5.74) is 19.2. The van der Waals surface area contributed by atoms with Crippen molar-refractivity contribution in [3.8, 4) is 33.5 Å². The molecule has 1 radical (unpaired) electrons. The van der Waals surface area contributed by atoms with Gasteiger partial charge in [-0.3, -0.25) is 0 Å². The van der Waals surface area contributed by atoms with Gasteiger partial charge >= 0.3 is 0 Å². The molecule has 1 N–H and O–H groups in total. The zero-order chi connectivity index (χ0) is 32.2. The number of rotatable bonds is 1. The van der Waals surface area contributed by atoms with E-state index in [9.17, 15) is 0 Å². The second-order valence-corrected chi connectivity index (χ2v) is 15.7. The Hall–Kier alpha value is -5.32. The normalized spacial score (nSPS) is 16.4. The molecule has 3 aliphatic rings. The monoisotopic (exact) mass is 642 g/mol. The minimum atomic E-state index is -0.0951. The van der Waals surface area contributed by atoms with Gasteiger partial charge in [0.2, 0.25) is 0 Å². The van der Waals surface area contributed by atoms with E-state index in [-0.39, 0.29) is 11.3 Å². The van der Waals surface area contributed by atoms with Crippen molar-refractivity contribution in [1.29, 1.82) is 0 Å². The molecule has 2 nitrogen and oxygen atoms in total. The van der Waals surface area contributed by atoms with Gasteiger partial charge in [-0.05, 0) is 58.0 Å². The first-order chi connectivity index (χ1) is 24.1. The molecule has 1 unspecified atom stereocenters. The van der Waals surface area contributed by atoms with Gasteiger partial charge < -0.3 is 9.40 Å². The van der Waals surface area contributed by atoms with E-state index in [1.165, 1.54) is 103 Å². The summed E-state index contributed by atoms with van der Waals surface area (Å²) in [4.78, 5) is 5.50. The lowest BCUT2D eigenvalue weighted by atomic mass is 9.50. The molecule has 0 amide bonds. The molecule has 4 heterocycles. The average Bonchev–Trinajstić information content (AvgIpc) is 3.86. The number of hydrogen-bond acceptors (Lipinski definition) is 2. The molecule has 12 rings (SSSR count). The minimum absolute atomic E-state index is 0.0951. The number of para-hydroxylation sites is 2. The highest BCUT2D eigenvalue weighted by molar-refractivity contribution is 7.19. The number of hydrogen-bond donors (Lipinski definition) is 1. The fourth-order valence-corrected chi connectivity index (χ4v) is 11.1. The molecule has 0 spiro atoms. The van der Waals surface area contributed by atoms with E-state index in [0.717, 1.165) is 17.6 Å². The third kappa shape index (κ3) is 3.24. The Morgan fingerprint density at radius 3 is 2.43 bits per heavy atom. The van der Waals surface area contributed by atoms with Crippen molar-refractivity contribution in [2.75, 3.05) is 0 Å². The van der Waals surface area contributed by atoms with Crippen molar-refractivity contribution >= 4 is 72.5 Å². The fraction of sp³-hybridized carbons (Fsp3) is 0.111. The van der Waals surface area contributed by atoms with E-state index < -0.39 is 0 Å². The largest absolute Gasteiger partial charge is 0.456 e. The van der Waals surface area contributed by atoms with E-state index in [1.807, 2.05) is 11.3 Å². The van der Waals surface area contributed by atoms with Crippen LogP contribution < -0.4 is 10.9 Å². The van der Waals surface area contributed by atoms with Crippen LogP contribution in [0.2, 0.25) is 0 Å². The first-order valence-corrected chi connectivity index (χ1v) is 18.1. The standard InChI is InChI=1S/C45H29BNOS/c1-45(2)31-17-6-3-11-23(31)44-41(45)28-16-9-15-27(43(28)47-44)40-39-24-12-4-7-19-33(24)48-34(39)21-30-29-22-36-38(25-13-5-8-20-35(25)49-36)26-14-10-18-32(37(26)29)46-42(30)40/h3-21,29,47H,22H2,1-2H3. The number of H-pyrrole nitrogens is 1. The summed E-state index contributed by atoms with van der Waals surface area (Å²) in [6.45, 7) is 4.74. The van der Waals surface area contributed by atoms with Crippen LogP contribution in [0.15, 0.2) is 120 Å². The lowest BCUT2D eigenvalue weighted by molar-refractivity contribution is 0.666. The van der Waals surface area contributed by atoms with Gasteiger partial charge in [0.15, 0.2) is 7.28 Å². The van der Waals surface area contributed by atoms with Crippen molar-refractivity contribution in [1.82, 2.24) is 4.98 Å². The van der Waals surface area contributed by atoms with Crippen LogP contribution in [0.3, 0.4) is 0 Å². The van der Waals surface area contributed by atoms with Gasteiger partial charge in [0.05, 0.1) is 11.2 Å². The number of thiophene rings is 1. The minimum Gasteiger partial charge on any atom is -0.456 e. The Morgan fingerprint density at radius 2 is 1.49 bits per heavy atom.